The maximum atomic E-state index is 13.5. The molecule has 2 rings (SSSR count). The number of nitrogens with one attached hydrogen (secondary N) is 2. The number of nitrogens with zero attached hydrogens (tertiary/aromatic N) is 2. The van der Waals surface area contributed by atoms with Crippen molar-refractivity contribution in [3.05, 3.63) is 51.8 Å². The van der Waals surface area contributed by atoms with E-state index in [1.54, 1.807) is 0 Å². The highest BCUT2D eigenvalue weighted by molar-refractivity contribution is 5.62. The molecule has 0 saturated heterocycles. The lowest BCUT2D eigenvalue weighted by Gasteiger charge is -2.07. The number of halogens is 2. The average Bonchev–Trinajstić information content (AvgIpc) is 2.83. The number of aromatic nitrogens is 2. The molecule has 0 radical (unpaired) electrons. The van der Waals surface area contributed by atoms with Crippen molar-refractivity contribution in [2.24, 2.45) is 0 Å². The van der Waals surface area contributed by atoms with Gasteiger partial charge in [0, 0.05) is 24.4 Å². The third-order valence-corrected chi connectivity index (χ3v) is 2.29. The summed E-state index contributed by atoms with van der Waals surface area (Å²) in [6.07, 6.45) is 3.01. The van der Waals surface area contributed by atoms with Crippen LogP contribution in [0.25, 0.3) is 0 Å². The Morgan fingerprint density at radius 3 is 2.83 bits per heavy atom. The van der Waals surface area contributed by atoms with Crippen LogP contribution < -0.4 is 5.32 Å². The Balaban J connectivity index is 2.30. The minimum Gasteiger partial charge on any atom is -0.373 e. The van der Waals surface area contributed by atoms with Gasteiger partial charge in [0.1, 0.15) is 0 Å². The lowest BCUT2D eigenvalue weighted by Crippen LogP contribution is -2.05. The fourth-order valence-corrected chi connectivity index (χ4v) is 1.43. The average molecular weight is 254 g/mol. The van der Waals surface area contributed by atoms with Crippen molar-refractivity contribution in [2.45, 2.75) is 6.54 Å². The maximum Gasteiger partial charge on any atom is 0.295 e. The molecule has 0 saturated carbocycles. The number of H-pyrrole nitrogens is 1. The smallest absolute Gasteiger partial charge is 0.295 e. The van der Waals surface area contributed by atoms with Crippen molar-refractivity contribution in [1.82, 2.24) is 10.2 Å². The Morgan fingerprint density at radius 2 is 2.22 bits per heavy atom. The molecule has 0 unspecified atom stereocenters. The van der Waals surface area contributed by atoms with E-state index in [-0.39, 0.29) is 6.54 Å². The van der Waals surface area contributed by atoms with Crippen molar-refractivity contribution in [3.8, 4) is 0 Å². The summed E-state index contributed by atoms with van der Waals surface area (Å²) in [5, 5.41) is 19.4. The number of anilines is 1. The Kier molecular flexibility index (Phi) is 3.18. The van der Waals surface area contributed by atoms with Gasteiger partial charge in [-0.05, 0) is 6.07 Å². The van der Waals surface area contributed by atoms with E-state index >= 15 is 0 Å². The van der Waals surface area contributed by atoms with Crippen LogP contribution in [0.5, 0.6) is 0 Å². The summed E-state index contributed by atoms with van der Waals surface area (Å²) in [6, 6.07) is 1.63. The number of hydrogen-bond donors (Lipinski definition) is 2. The Labute approximate surface area is 99.8 Å². The lowest BCUT2D eigenvalue weighted by molar-refractivity contribution is -0.384. The van der Waals surface area contributed by atoms with E-state index in [1.807, 2.05) is 0 Å². The number of benzene rings is 1. The Bertz CT molecular complexity index is 572. The van der Waals surface area contributed by atoms with Crippen LogP contribution in [-0.2, 0) is 6.54 Å². The quantitative estimate of drug-likeness (QED) is 0.647. The van der Waals surface area contributed by atoms with Crippen LogP contribution in [0.1, 0.15) is 5.56 Å². The molecule has 18 heavy (non-hydrogen) atoms. The predicted molar refractivity (Wildman–Crippen MR) is 58.9 cm³/mol. The van der Waals surface area contributed by atoms with E-state index in [9.17, 15) is 18.9 Å². The molecule has 8 heteroatoms. The molecule has 0 fully saturated rings. The molecule has 1 aromatic carbocycles. The molecule has 1 aromatic heterocycles. The molecule has 0 bridgehead atoms. The number of nitro groups is 1. The summed E-state index contributed by atoms with van der Waals surface area (Å²) in [6.45, 7) is 0.0950. The van der Waals surface area contributed by atoms with Gasteiger partial charge in [-0.2, -0.15) is 5.10 Å². The van der Waals surface area contributed by atoms with Crippen molar-refractivity contribution < 1.29 is 13.7 Å². The number of hydrogen-bond acceptors (Lipinski definition) is 4. The van der Waals surface area contributed by atoms with Gasteiger partial charge >= 0.3 is 0 Å². The van der Waals surface area contributed by atoms with E-state index in [4.69, 9.17) is 0 Å². The number of rotatable bonds is 4. The van der Waals surface area contributed by atoms with Gasteiger partial charge in [0.2, 0.25) is 0 Å². The molecule has 0 aliphatic heterocycles. The van der Waals surface area contributed by atoms with Gasteiger partial charge in [0.05, 0.1) is 11.1 Å². The van der Waals surface area contributed by atoms with Crippen molar-refractivity contribution >= 4 is 11.4 Å². The van der Waals surface area contributed by atoms with Crippen LogP contribution >= 0.6 is 0 Å². The third-order valence-electron chi connectivity index (χ3n) is 2.29. The molecule has 0 amide bonds. The summed E-state index contributed by atoms with van der Waals surface area (Å²) in [7, 11) is 0. The van der Waals surface area contributed by atoms with Gasteiger partial charge in [0.25, 0.3) is 5.69 Å². The molecule has 0 atom stereocenters. The first-order chi connectivity index (χ1) is 8.59. The molecular formula is C10H8F2N4O2. The summed E-state index contributed by atoms with van der Waals surface area (Å²) in [5.74, 6) is -2.41. The summed E-state index contributed by atoms with van der Waals surface area (Å²) < 4.78 is 26.5. The molecule has 0 aliphatic rings. The summed E-state index contributed by atoms with van der Waals surface area (Å²) >= 11 is 0. The lowest BCUT2D eigenvalue weighted by atomic mass is 10.2. The standard InChI is InChI=1S/C10H8F2N4O2/c11-7-1-2-8(16(17)18)10(9(7)12)13-3-6-4-14-15-5-6/h1-2,4-5,13H,3H2,(H,14,15). The topological polar surface area (TPSA) is 83.8 Å². The first kappa shape index (κ1) is 12.0. The van der Waals surface area contributed by atoms with Gasteiger partial charge in [-0.25, -0.2) is 8.78 Å². The maximum absolute atomic E-state index is 13.5. The second kappa shape index (κ2) is 4.78. The van der Waals surface area contributed by atoms with Gasteiger partial charge < -0.3 is 5.32 Å². The third kappa shape index (κ3) is 2.26. The van der Waals surface area contributed by atoms with Gasteiger partial charge in [0.15, 0.2) is 17.3 Å². The van der Waals surface area contributed by atoms with Crippen LogP contribution in [0, 0.1) is 21.7 Å². The largest absolute Gasteiger partial charge is 0.373 e. The zero-order chi connectivity index (χ0) is 13.1. The van der Waals surface area contributed by atoms with Crippen LogP contribution in [0.4, 0.5) is 20.2 Å². The van der Waals surface area contributed by atoms with Crippen LogP contribution in [0.3, 0.4) is 0 Å². The molecule has 2 N–H and O–H groups in total. The summed E-state index contributed by atoms with van der Waals surface area (Å²) in [5.41, 5.74) is -0.327. The number of aromatic amines is 1. The molecule has 94 valence electrons. The SMILES string of the molecule is O=[N+]([O-])c1ccc(F)c(F)c1NCc1cn[nH]c1. The zero-order valence-corrected chi connectivity index (χ0v) is 8.98. The highest BCUT2D eigenvalue weighted by Crippen LogP contribution is 2.29. The minimum atomic E-state index is -1.27. The first-order valence-electron chi connectivity index (χ1n) is 4.93. The molecule has 0 aliphatic carbocycles. The molecule has 0 spiro atoms. The predicted octanol–water partition coefficient (Wildman–Crippen LogP) is 2.21. The molecule has 1 heterocycles. The first-order valence-corrected chi connectivity index (χ1v) is 4.93. The Hall–Kier alpha value is -2.51. The molecule has 6 nitrogen and oxygen atoms in total. The van der Waals surface area contributed by atoms with Gasteiger partial charge in [-0.1, -0.05) is 0 Å². The van der Waals surface area contributed by atoms with Gasteiger partial charge in [-0.3, -0.25) is 15.2 Å². The molecular weight excluding hydrogens is 246 g/mol. The fraction of sp³-hybridized carbons (Fsp3) is 0.100. The van der Waals surface area contributed by atoms with E-state index in [2.05, 4.69) is 15.5 Å². The minimum absolute atomic E-state index is 0.0950. The number of nitro benzene ring substituents is 1. The molecule has 2 aromatic rings. The van der Waals surface area contributed by atoms with Crippen molar-refractivity contribution in [2.75, 3.05) is 5.32 Å². The fourth-order valence-electron chi connectivity index (χ4n) is 1.43. The highest BCUT2D eigenvalue weighted by atomic mass is 19.2. The van der Waals surface area contributed by atoms with Crippen LogP contribution in [-0.4, -0.2) is 15.1 Å². The van der Waals surface area contributed by atoms with Crippen LogP contribution in [0.15, 0.2) is 24.5 Å². The van der Waals surface area contributed by atoms with Crippen molar-refractivity contribution in [3.63, 3.8) is 0 Å². The summed E-state index contributed by atoms with van der Waals surface area (Å²) in [4.78, 5) is 9.93. The van der Waals surface area contributed by atoms with Crippen molar-refractivity contribution in [1.29, 1.82) is 0 Å². The van der Waals surface area contributed by atoms with Crippen LogP contribution in [0.2, 0.25) is 0 Å². The zero-order valence-electron chi connectivity index (χ0n) is 8.98. The van der Waals surface area contributed by atoms with E-state index < -0.39 is 27.9 Å². The van der Waals surface area contributed by atoms with E-state index in [0.717, 1.165) is 12.1 Å². The monoisotopic (exact) mass is 254 g/mol. The second-order valence-corrected chi connectivity index (χ2v) is 3.47. The van der Waals surface area contributed by atoms with E-state index in [0.29, 0.717) is 5.56 Å². The van der Waals surface area contributed by atoms with Gasteiger partial charge in [-0.15, -0.1) is 0 Å². The second-order valence-electron chi connectivity index (χ2n) is 3.47. The highest BCUT2D eigenvalue weighted by Gasteiger charge is 2.21. The normalized spacial score (nSPS) is 10.3. The van der Waals surface area contributed by atoms with E-state index in [1.165, 1.54) is 12.4 Å². The Morgan fingerprint density at radius 1 is 1.44 bits per heavy atom.